The minimum atomic E-state index is -1.04. The average Bonchev–Trinajstić information content (AvgIpc) is 3.67. The van der Waals surface area contributed by atoms with Gasteiger partial charge in [-0.1, -0.05) is 107 Å². The van der Waals surface area contributed by atoms with Crippen molar-refractivity contribution in [2.45, 2.75) is 12.0 Å². The molecule has 0 aliphatic carbocycles. The van der Waals surface area contributed by atoms with E-state index in [2.05, 4.69) is 10.1 Å². The van der Waals surface area contributed by atoms with E-state index in [0.29, 0.717) is 5.19 Å². The van der Waals surface area contributed by atoms with Gasteiger partial charge in [0.05, 0.1) is 16.6 Å². The minimum absolute atomic E-state index is 0.0226. The fourth-order valence-electron chi connectivity index (χ4n) is 4.37. The number of rotatable bonds is 7. The number of aromatic nitrogens is 1. The molecule has 8 nitrogen and oxygen atoms in total. The van der Waals surface area contributed by atoms with Gasteiger partial charge in [0.1, 0.15) is 0 Å². The van der Waals surface area contributed by atoms with Crippen molar-refractivity contribution in [1.82, 2.24) is 4.98 Å². The summed E-state index contributed by atoms with van der Waals surface area (Å²) in [6, 6.07) is 36.4. The Morgan fingerprint density at radius 1 is 0.878 bits per heavy atom. The molecular weight excluding hydrogens is 538 g/mol. The molecule has 9 heteroatoms. The zero-order chi connectivity index (χ0) is 28.7. The number of carboxylic acids is 1. The number of thiazole rings is 1. The molecule has 1 aromatic heterocycles. The van der Waals surface area contributed by atoms with E-state index in [0.717, 1.165) is 27.0 Å². The number of likely N-dealkylation sites (N-methyl/N-ethyl adjacent to an activating group) is 1. The van der Waals surface area contributed by atoms with Crippen LogP contribution in [-0.4, -0.2) is 41.3 Å². The van der Waals surface area contributed by atoms with Gasteiger partial charge in [-0.05, 0) is 24.3 Å². The smallest absolute Gasteiger partial charge is 0.353 e. The first kappa shape index (κ1) is 27.5. The predicted octanol–water partition coefficient (Wildman–Crippen LogP) is 6.13. The maximum absolute atomic E-state index is 12.1. The minimum Gasteiger partial charge on any atom is -0.477 e. The number of amides is 1. The van der Waals surface area contributed by atoms with Crippen molar-refractivity contribution in [3.8, 4) is 5.19 Å². The van der Waals surface area contributed by atoms with Crippen LogP contribution in [0.5, 0.6) is 5.19 Å². The third-order valence-corrected chi connectivity index (χ3v) is 7.52. The molecule has 1 aliphatic heterocycles. The van der Waals surface area contributed by atoms with Gasteiger partial charge in [0.2, 0.25) is 0 Å². The van der Waals surface area contributed by atoms with E-state index >= 15 is 0 Å². The Morgan fingerprint density at radius 3 is 2.00 bits per heavy atom. The van der Waals surface area contributed by atoms with Gasteiger partial charge in [0, 0.05) is 23.9 Å². The highest BCUT2D eigenvalue weighted by Crippen LogP contribution is 2.41. The number of carbonyl (C=O) groups is 2. The number of carbonyl (C=O) groups excluding carboxylic acids is 1. The normalized spacial score (nSPS) is 13.3. The monoisotopic (exact) mass is 565 g/mol. The van der Waals surface area contributed by atoms with Crippen LogP contribution in [0, 0.1) is 0 Å². The molecule has 6 rings (SSSR count). The van der Waals surface area contributed by atoms with E-state index in [1.165, 1.54) is 11.3 Å². The summed E-state index contributed by atoms with van der Waals surface area (Å²) in [4.78, 5) is 34.8. The van der Waals surface area contributed by atoms with Crippen LogP contribution < -0.4 is 9.64 Å². The summed E-state index contributed by atoms with van der Waals surface area (Å²) in [6.07, 6.45) is 0.219. The molecule has 0 radical (unpaired) electrons. The Hall–Kier alpha value is -5.02. The molecule has 0 bridgehead atoms. The van der Waals surface area contributed by atoms with E-state index in [-0.39, 0.29) is 24.6 Å². The molecule has 0 saturated carbocycles. The number of benzene rings is 4. The van der Waals surface area contributed by atoms with Crippen molar-refractivity contribution in [3.63, 3.8) is 0 Å². The highest BCUT2D eigenvalue weighted by atomic mass is 32.1. The summed E-state index contributed by atoms with van der Waals surface area (Å²) in [5.74, 6) is -1.15. The van der Waals surface area contributed by atoms with Crippen molar-refractivity contribution in [3.05, 3.63) is 126 Å². The number of hydrogen-bond donors (Lipinski definition) is 1. The third-order valence-electron chi connectivity index (χ3n) is 6.57. The van der Waals surface area contributed by atoms with Gasteiger partial charge in [-0.2, -0.15) is 0 Å². The number of ether oxygens (including phenoxy) is 1. The lowest BCUT2D eigenvalue weighted by molar-refractivity contribution is -0.129. The molecule has 1 N–H and O–H groups in total. The van der Waals surface area contributed by atoms with Gasteiger partial charge in [-0.3, -0.25) is 4.79 Å². The van der Waals surface area contributed by atoms with Gasteiger partial charge in [0.25, 0.3) is 11.1 Å². The van der Waals surface area contributed by atoms with E-state index < -0.39 is 11.6 Å². The number of para-hydroxylation sites is 2. The zero-order valence-electron chi connectivity index (χ0n) is 22.2. The average molecular weight is 566 g/mol. The fourth-order valence-corrected chi connectivity index (χ4v) is 5.18. The summed E-state index contributed by atoms with van der Waals surface area (Å²) in [6.45, 7) is -0.0226. The third kappa shape index (κ3) is 6.26. The van der Waals surface area contributed by atoms with Crippen molar-refractivity contribution in [1.29, 1.82) is 0 Å². The summed E-state index contributed by atoms with van der Waals surface area (Å²) in [7, 11) is 1.74. The topological polar surface area (TPSA) is 101 Å². The molecule has 5 aromatic rings. The van der Waals surface area contributed by atoms with Crippen LogP contribution >= 0.6 is 11.3 Å². The highest BCUT2D eigenvalue weighted by Gasteiger charge is 2.44. The molecule has 0 atom stereocenters. The first-order valence-electron chi connectivity index (χ1n) is 12.9. The Balaban J connectivity index is 0.000000165. The first-order chi connectivity index (χ1) is 20.0. The lowest BCUT2D eigenvalue weighted by Gasteiger charge is -2.27. The molecule has 1 amide bonds. The summed E-state index contributed by atoms with van der Waals surface area (Å²) in [5.41, 5.74) is 2.71. The second-order valence-electron chi connectivity index (χ2n) is 9.19. The number of hydrogen-bond acceptors (Lipinski definition) is 7. The molecule has 0 fully saturated rings. The van der Waals surface area contributed by atoms with Gasteiger partial charge in [-0.25, -0.2) is 9.78 Å². The van der Waals surface area contributed by atoms with Gasteiger partial charge >= 0.3 is 5.97 Å². The van der Waals surface area contributed by atoms with E-state index in [1.54, 1.807) is 11.9 Å². The Morgan fingerprint density at radius 2 is 1.44 bits per heavy atom. The van der Waals surface area contributed by atoms with Crippen LogP contribution in [0.25, 0.3) is 10.2 Å². The van der Waals surface area contributed by atoms with E-state index in [9.17, 15) is 9.59 Å². The quantitative estimate of drug-likeness (QED) is 0.255. The van der Waals surface area contributed by atoms with Crippen LogP contribution in [0.2, 0.25) is 0 Å². The van der Waals surface area contributed by atoms with Crippen molar-refractivity contribution >= 4 is 44.8 Å². The molecule has 206 valence electrons. The SMILES string of the molecule is CN(C(=O)COc1nc2ccccc2s1)c1ccccc1.O=C(O)C1=NOC(c2ccccc2)(c2ccccc2)C1. The molecule has 41 heavy (non-hydrogen) atoms. The van der Waals surface area contributed by atoms with E-state index in [4.69, 9.17) is 14.7 Å². The lowest BCUT2D eigenvalue weighted by atomic mass is 9.82. The van der Waals surface area contributed by atoms with Crippen LogP contribution in [0.15, 0.2) is 120 Å². The zero-order valence-corrected chi connectivity index (χ0v) is 23.0. The molecule has 1 aliphatic rings. The Kier molecular flexibility index (Phi) is 8.36. The molecular formula is C32H27N3O5S. The van der Waals surface area contributed by atoms with Crippen LogP contribution in [0.1, 0.15) is 17.5 Å². The van der Waals surface area contributed by atoms with E-state index in [1.807, 2.05) is 115 Å². The van der Waals surface area contributed by atoms with Crippen LogP contribution in [0.3, 0.4) is 0 Å². The molecule has 4 aromatic carbocycles. The highest BCUT2D eigenvalue weighted by molar-refractivity contribution is 7.20. The number of nitrogens with zero attached hydrogens (tertiary/aromatic N) is 3. The number of oxime groups is 1. The first-order valence-corrected chi connectivity index (χ1v) is 13.7. The number of aliphatic carboxylic acids is 1. The fraction of sp³-hybridized carbons (Fsp3) is 0.125. The number of anilines is 1. The molecule has 0 unspecified atom stereocenters. The molecule has 0 spiro atoms. The standard InChI is InChI=1S/C16H14N2O2S.C16H13NO3/c1-18(12-7-3-2-4-8-12)15(19)11-20-16-17-13-9-5-6-10-14(13)21-16;18-15(19)14-11-16(20-17-14,12-7-3-1-4-8-12)13-9-5-2-6-10-13/h2-10H,11H2,1H3;1-10H,11H2,(H,18,19). The van der Waals surface area contributed by atoms with Crippen molar-refractivity contribution in [2.24, 2.45) is 5.16 Å². The van der Waals surface area contributed by atoms with Gasteiger partial charge < -0.3 is 19.6 Å². The van der Waals surface area contributed by atoms with Crippen LogP contribution in [0.4, 0.5) is 5.69 Å². The molecule has 2 heterocycles. The van der Waals surface area contributed by atoms with Crippen molar-refractivity contribution in [2.75, 3.05) is 18.6 Å². The lowest BCUT2D eigenvalue weighted by Crippen LogP contribution is -2.31. The summed E-state index contributed by atoms with van der Waals surface area (Å²) >= 11 is 1.44. The predicted molar refractivity (Wildman–Crippen MR) is 159 cm³/mol. The Labute approximate surface area is 241 Å². The largest absolute Gasteiger partial charge is 0.477 e. The van der Waals surface area contributed by atoms with Crippen LogP contribution in [-0.2, 0) is 20.0 Å². The number of fused-ring (bicyclic) bond motifs is 1. The maximum atomic E-state index is 12.1. The van der Waals surface area contributed by atoms with Gasteiger partial charge in [0.15, 0.2) is 17.9 Å². The molecule has 0 saturated heterocycles. The Bertz CT molecular complexity index is 1580. The second-order valence-corrected chi connectivity index (χ2v) is 10.2. The maximum Gasteiger partial charge on any atom is 0.353 e. The van der Waals surface area contributed by atoms with Crippen molar-refractivity contribution < 1.29 is 24.3 Å². The summed E-state index contributed by atoms with van der Waals surface area (Å²) < 4.78 is 6.56. The summed E-state index contributed by atoms with van der Waals surface area (Å²) in [5, 5.41) is 13.4. The number of carboxylic acid groups (broad SMARTS) is 1. The van der Waals surface area contributed by atoms with Gasteiger partial charge in [-0.15, -0.1) is 0 Å². The second kappa shape index (κ2) is 12.4.